The Hall–Kier alpha value is -1.15. The zero-order valence-electron chi connectivity index (χ0n) is 13.1. The molecule has 0 bridgehead atoms. The predicted molar refractivity (Wildman–Crippen MR) is 83.8 cm³/mol. The molecule has 1 aromatic carbocycles. The van der Waals surface area contributed by atoms with Gasteiger partial charge in [0.1, 0.15) is 0 Å². The molecule has 0 saturated carbocycles. The Morgan fingerprint density at radius 3 is 2.30 bits per heavy atom. The Labute approximate surface area is 123 Å². The van der Waals surface area contributed by atoms with E-state index in [1.807, 2.05) is 30.3 Å². The molecule has 1 aliphatic rings. The number of carbonyl (C=O) groups excluding carboxylic acids is 1. The monoisotopic (exact) mass is 273 g/mol. The highest BCUT2D eigenvalue weighted by molar-refractivity contribution is 5.82. The number of Topliss-reactive ketones (excluding diaryl/α,β-unsaturated/α-hetero) is 1. The molecule has 1 aromatic rings. The first-order valence-electron chi connectivity index (χ1n) is 7.73. The first-order chi connectivity index (χ1) is 9.45. The van der Waals surface area contributed by atoms with Crippen molar-refractivity contribution in [2.45, 2.75) is 40.0 Å². The van der Waals surface area contributed by atoms with Gasteiger partial charge >= 0.3 is 0 Å². The van der Waals surface area contributed by atoms with Gasteiger partial charge in [0.15, 0.2) is 5.78 Å². The maximum absolute atomic E-state index is 12.1. The second-order valence-corrected chi connectivity index (χ2v) is 7.12. The van der Waals surface area contributed by atoms with Crippen LogP contribution in [-0.2, 0) is 11.2 Å². The van der Waals surface area contributed by atoms with Crippen LogP contribution in [0.15, 0.2) is 30.3 Å². The molecular formula is C18H27NO. The van der Waals surface area contributed by atoms with E-state index in [0.29, 0.717) is 24.2 Å². The molecule has 0 spiro atoms. The van der Waals surface area contributed by atoms with E-state index in [1.54, 1.807) is 0 Å². The van der Waals surface area contributed by atoms with Gasteiger partial charge in [-0.05, 0) is 42.8 Å². The second kappa shape index (κ2) is 6.53. The standard InChI is InChI=1S/C18H27NO/c1-18(2,3)16-9-11-19(12-10-16)14-17(20)13-15-7-5-4-6-8-15/h4-8,16H,9-14H2,1-3H3. The zero-order valence-corrected chi connectivity index (χ0v) is 13.1. The van der Waals surface area contributed by atoms with Crippen molar-refractivity contribution in [2.75, 3.05) is 19.6 Å². The summed E-state index contributed by atoms with van der Waals surface area (Å²) in [5, 5.41) is 0. The van der Waals surface area contributed by atoms with Crippen LogP contribution in [0.1, 0.15) is 39.2 Å². The first kappa shape index (κ1) is 15.2. The van der Waals surface area contributed by atoms with Crippen molar-refractivity contribution in [3.8, 4) is 0 Å². The van der Waals surface area contributed by atoms with Crippen LogP contribution >= 0.6 is 0 Å². The summed E-state index contributed by atoms with van der Waals surface area (Å²) in [7, 11) is 0. The molecule has 0 amide bonds. The van der Waals surface area contributed by atoms with E-state index >= 15 is 0 Å². The molecule has 0 radical (unpaired) electrons. The van der Waals surface area contributed by atoms with Gasteiger partial charge in [-0.1, -0.05) is 51.1 Å². The van der Waals surface area contributed by atoms with Gasteiger partial charge in [-0.3, -0.25) is 9.69 Å². The van der Waals surface area contributed by atoms with Crippen LogP contribution in [-0.4, -0.2) is 30.3 Å². The summed E-state index contributed by atoms with van der Waals surface area (Å²) in [5.41, 5.74) is 1.53. The average molecular weight is 273 g/mol. The van der Waals surface area contributed by atoms with Crippen molar-refractivity contribution in [1.29, 1.82) is 0 Å². The lowest BCUT2D eigenvalue weighted by Crippen LogP contribution is -2.40. The van der Waals surface area contributed by atoms with Crippen LogP contribution in [0.3, 0.4) is 0 Å². The van der Waals surface area contributed by atoms with Gasteiger partial charge < -0.3 is 0 Å². The molecule has 110 valence electrons. The van der Waals surface area contributed by atoms with Crippen molar-refractivity contribution < 1.29 is 4.79 Å². The third kappa shape index (κ3) is 4.45. The maximum Gasteiger partial charge on any atom is 0.151 e. The minimum absolute atomic E-state index is 0.338. The highest BCUT2D eigenvalue weighted by Crippen LogP contribution is 2.34. The van der Waals surface area contributed by atoms with Gasteiger partial charge in [0.25, 0.3) is 0 Å². The molecule has 0 atom stereocenters. The maximum atomic E-state index is 12.1. The van der Waals surface area contributed by atoms with E-state index < -0.39 is 0 Å². The molecule has 1 saturated heterocycles. The number of rotatable bonds is 4. The number of nitrogens with zero attached hydrogens (tertiary/aromatic N) is 1. The van der Waals surface area contributed by atoms with Crippen molar-refractivity contribution in [3.05, 3.63) is 35.9 Å². The van der Waals surface area contributed by atoms with Crippen molar-refractivity contribution >= 4 is 5.78 Å². The fourth-order valence-corrected chi connectivity index (χ4v) is 3.09. The van der Waals surface area contributed by atoms with Crippen LogP contribution in [0, 0.1) is 11.3 Å². The average Bonchev–Trinajstić information content (AvgIpc) is 2.39. The van der Waals surface area contributed by atoms with E-state index in [9.17, 15) is 4.79 Å². The topological polar surface area (TPSA) is 20.3 Å². The third-order valence-corrected chi connectivity index (χ3v) is 4.46. The Kier molecular flexibility index (Phi) is 4.98. The molecule has 0 unspecified atom stereocenters. The molecule has 1 fully saturated rings. The first-order valence-corrected chi connectivity index (χ1v) is 7.73. The molecule has 20 heavy (non-hydrogen) atoms. The lowest BCUT2D eigenvalue weighted by molar-refractivity contribution is -0.120. The van der Waals surface area contributed by atoms with E-state index in [1.165, 1.54) is 12.8 Å². The molecule has 0 N–H and O–H groups in total. The number of benzene rings is 1. The highest BCUT2D eigenvalue weighted by Gasteiger charge is 2.29. The smallest absolute Gasteiger partial charge is 0.151 e. The van der Waals surface area contributed by atoms with Gasteiger partial charge in [0, 0.05) is 6.42 Å². The summed E-state index contributed by atoms with van der Waals surface area (Å²) in [6, 6.07) is 10.0. The molecular weight excluding hydrogens is 246 g/mol. The molecule has 1 aliphatic heterocycles. The number of ketones is 1. The Morgan fingerprint density at radius 1 is 1.15 bits per heavy atom. The molecule has 2 nitrogen and oxygen atoms in total. The quantitative estimate of drug-likeness (QED) is 0.836. The summed E-state index contributed by atoms with van der Waals surface area (Å²) in [6.07, 6.45) is 3.02. The van der Waals surface area contributed by atoms with Crippen molar-refractivity contribution in [1.82, 2.24) is 4.90 Å². The van der Waals surface area contributed by atoms with Gasteiger partial charge in [-0.2, -0.15) is 0 Å². The SMILES string of the molecule is CC(C)(C)C1CCN(CC(=O)Cc2ccccc2)CC1. The zero-order chi connectivity index (χ0) is 14.6. The normalized spacial score (nSPS) is 18.1. The van der Waals surface area contributed by atoms with Gasteiger partial charge in [-0.25, -0.2) is 0 Å². The van der Waals surface area contributed by atoms with Crippen LogP contribution < -0.4 is 0 Å². The minimum atomic E-state index is 0.338. The van der Waals surface area contributed by atoms with Gasteiger partial charge in [0.05, 0.1) is 6.54 Å². The van der Waals surface area contributed by atoms with Gasteiger partial charge in [-0.15, -0.1) is 0 Å². The number of hydrogen-bond acceptors (Lipinski definition) is 2. The van der Waals surface area contributed by atoms with Crippen LogP contribution in [0.4, 0.5) is 0 Å². The lowest BCUT2D eigenvalue weighted by atomic mass is 9.75. The lowest BCUT2D eigenvalue weighted by Gasteiger charge is -2.38. The minimum Gasteiger partial charge on any atom is -0.298 e. The number of hydrogen-bond donors (Lipinski definition) is 0. The van der Waals surface area contributed by atoms with E-state index in [-0.39, 0.29) is 0 Å². The molecule has 0 aliphatic carbocycles. The number of piperidine rings is 1. The summed E-state index contributed by atoms with van der Waals surface area (Å²) in [4.78, 5) is 14.4. The van der Waals surface area contributed by atoms with Crippen LogP contribution in [0.2, 0.25) is 0 Å². The molecule has 1 heterocycles. The predicted octanol–water partition coefficient (Wildman–Crippen LogP) is 3.56. The van der Waals surface area contributed by atoms with E-state index in [4.69, 9.17) is 0 Å². The molecule has 2 rings (SSSR count). The molecule has 0 aromatic heterocycles. The van der Waals surface area contributed by atoms with E-state index in [2.05, 4.69) is 25.7 Å². The van der Waals surface area contributed by atoms with Gasteiger partial charge in [0.2, 0.25) is 0 Å². The summed E-state index contributed by atoms with van der Waals surface area (Å²) < 4.78 is 0. The summed E-state index contributed by atoms with van der Waals surface area (Å²) in [5.74, 6) is 1.13. The third-order valence-electron chi connectivity index (χ3n) is 4.46. The van der Waals surface area contributed by atoms with Crippen molar-refractivity contribution in [3.63, 3.8) is 0 Å². The fraction of sp³-hybridized carbons (Fsp3) is 0.611. The Morgan fingerprint density at radius 2 is 1.75 bits per heavy atom. The number of likely N-dealkylation sites (tertiary alicyclic amines) is 1. The highest BCUT2D eigenvalue weighted by atomic mass is 16.1. The molecule has 2 heteroatoms. The fourth-order valence-electron chi connectivity index (χ4n) is 3.09. The second-order valence-electron chi connectivity index (χ2n) is 7.12. The summed E-state index contributed by atoms with van der Waals surface area (Å²) >= 11 is 0. The Bertz CT molecular complexity index is 424. The van der Waals surface area contributed by atoms with Crippen LogP contribution in [0.25, 0.3) is 0 Å². The van der Waals surface area contributed by atoms with E-state index in [0.717, 1.165) is 24.6 Å². The Balaban J connectivity index is 1.77. The number of carbonyl (C=O) groups is 1. The largest absolute Gasteiger partial charge is 0.298 e. The van der Waals surface area contributed by atoms with Crippen molar-refractivity contribution in [2.24, 2.45) is 11.3 Å². The van der Waals surface area contributed by atoms with Crippen LogP contribution in [0.5, 0.6) is 0 Å². The summed E-state index contributed by atoms with van der Waals surface area (Å²) in [6.45, 7) is 9.74.